The minimum Gasteiger partial charge on any atom is -0.465 e. The van der Waals surface area contributed by atoms with E-state index in [0.29, 0.717) is 38.3 Å². The molecule has 0 atom stereocenters. The Labute approximate surface area is 234 Å². The first-order valence-corrected chi connectivity index (χ1v) is 13.7. The molecule has 0 bridgehead atoms. The average molecular weight is 636 g/mol. The Balaban J connectivity index is 1.60. The van der Waals surface area contributed by atoms with Gasteiger partial charge in [-0.25, -0.2) is 9.78 Å². The molecule has 0 spiro atoms. The number of rotatable bonds is 5. The number of ether oxygens (including phenoxy) is 1. The Kier molecular flexibility index (Phi) is 7.24. The van der Waals surface area contributed by atoms with E-state index in [-0.39, 0.29) is 5.91 Å². The Hall–Kier alpha value is -3.33. The van der Waals surface area contributed by atoms with Crippen LogP contribution >= 0.6 is 43.2 Å². The lowest BCUT2D eigenvalue weighted by molar-refractivity contribution is 0.0603. The lowest BCUT2D eigenvalue weighted by Gasteiger charge is -2.12. The Morgan fingerprint density at radius 2 is 1.57 bits per heavy atom. The molecule has 1 N–H and O–H groups in total. The number of aromatic nitrogens is 1. The number of carbonyl (C=O) groups is 2. The first-order valence-electron chi connectivity index (χ1n) is 11.3. The molecule has 8 heteroatoms. The van der Waals surface area contributed by atoms with Gasteiger partial charge >= 0.3 is 5.97 Å². The van der Waals surface area contributed by atoms with Crippen LogP contribution in [0.25, 0.3) is 33.3 Å². The third kappa shape index (κ3) is 5.23. The fraction of sp³-hybridized carbons (Fsp3) is 0.0690. The number of esters is 1. The third-order valence-electron chi connectivity index (χ3n) is 5.93. The van der Waals surface area contributed by atoms with Crippen LogP contribution in [-0.2, 0) is 4.74 Å². The predicted octanol–water partition coefficient (Wildman–Crippen LogP) is 8.50. The standard InChI is InChI=1S/C29H20Br2N2O3S/c1-16-3-5-18(6-4-16)25-14-22(21-13-20(31)11-12-24(21)32-25)27(34)33-28-26(29(35)36-2)23(15-37-28)17-7-9-19(30)10-8-17/h3-15H,1-2H3,(H,33,34). The van der Waals surface area contributed by atoms with Gasteiger partial charge in [0.2, 0.25) is 0 Å². The summed E-state index contributed by atoms with van der Waals surface area (Å²) in [5.74, 6) is -0.856. The second-order valence-electron chi connectivity index (χ2n) is 8.39. The first kappa shape index (κ1) is 25.3. The number of hydrogen-bond donors (Lipinski definition) is 1. The molecule has 5 aromatic rings. The van der Waals surface area contributed by atoms with Crippen LogP contribution in [0.5, 0.6) is 0 Å². The number of halogens is 2. The molecule has 37 heavy (non-hydrogen) atoms. The fourth-order valence-electron chi connectivity index (χ4n) is 4.03. The molecular formula is C29H20Br2N2O3S. The second kappa shape index (κ2) is 10.6. The molecule has 184 valence electrons. The molecule has 5 nitrogen and oxygen atoms in total. The highest BCUT2D eigenvalue weighted by molar-refractivity contribution is 9.10. The van der Waals surface area contributed by atoms with Crippen LogP contribution in [0.3, 0.4) is 0 Å². The average Bonchev–Trinajstić information content (AvgIpc) is 3.31. The van der Waals surface area contributed by atoms with E-state index in [1.807, 2.05) is 79.0 Å². The molecule has 5 rings (SSSR count). The highest BCUT2D eigenvalue weighted by Gasteiger charge is 2.24. The van der Waals surface area contributed by atoms with Gasteiger partial charge in [0.1, 0.15) is 10.6 Å². The molecule has 0 saturated carbocycles. The van der Waals surface area contributed by atoms with Crippen molar-refractivity contribution in [1.82, 2.24) is 4.98 Å². The van der Waals surface area contributed by atoms with Crippen molar-refractivity contribution in [2.24, 2.45) is 0 Å². The maximum absolute atomic E-state index is 13.7. The summed E-state index contributed by atoms with van der Waals surface area (Å²) < 4.78 is 6.84. The van der Waals surface area contributed by atoms with E-state index >= 15 is 0 Å². The van der Waals surface area contributed by atoms with Crippen molar-refractivity contribution in [3.8, 4) is 22.4 Å². The summed E-state index contributed by atoms with van der Waals surface area (Å²) >= 11 is 8.23. The number of amides is 1. The fourth-order valence-corrected chi connectivity index (χ4v) is 5.60. The quantitative estimate of drug-likeness (QED) is 0.197. The van der Waals surface area contributed by atoms with Crippen molar-refractivity contribution < 1.29 is 14.3 Å². The number of nitrogens with zero attached hydrogens (tertiary/aromatic N) is 1. The summed E-state index contributed by atoms with van der Waals surface area (Å²) in [5, 5.41) is 5.94. The first-order chi connectivity index (χ1) is 17.8. The number of thiophene rings is 1. The molecule has 0 fully saturated rings. The molecule has 0 radical (unpaired) electrons. The zero-order valence-corrected chi connectivity index (χ0v) is 23.8. The molecule has 0 saturated heterocycles. The number of methoxy groups -OCH3 is 1. The van der Waals surface area contributed by atoms with Crippen LogP contribution in [0.2, 0.25) is 0 Å². The van der Waals surface area contributed by atoms with Crippen molar-refractivity contribution in [2.75, 3.05) is 12.4 Å². The van der Waals surface area contributed by atoms with E-state index in [0.717, 1.165) is 25.6 Å². The van der Waals surface area contributed by atoms with Crippen LogP contribution in [0.1, 0.15) is 26.3 Å². The lowest BCUT2D eigenvalue weighted by Crippen LogP contribution is -2.15. The van der Waals surface area contributed by atoms with Crippen molar-refractivity contribution in [3.05, 3.63) is 104 Å². The van der Waals surface area contributed by atoms with Gasteiger partial charge in [0, 0.05) is 30.8 Å². The number of nitrogens with one attached hydrogen (secondary N) is 1. The van der Waals surface area contributed by atoms with Crippen molar-refractivity contribution in [1.29, 1.82) is 0 Å². The van der Waals surface area contributed by atoms with Crippen LogP contribution in [0, 0.1) is 6.92 Å². The summed E-state index contributed by atoms with van der Waals surface area (Å²) in [6.45, 7) is 2.02. The molecule has 0 aliphatic carbocycles. The molecule has 1 amide bonds. The van der Waals surface area contributed by atoms with Gasteiger partial charge in [-0.1, -0.05) is 73.8 Å². The Bertz CT molecular complexity index is 1650. The Morgan fingerprint density at radius 3 is 2.27 bits per heavy atom. The van der Waals surface area contributed by atoms with E-state index in [2.05, 4.69) is 37.2 Å². The number of hydrogen-bond acceptors (Lipinski definition) is 5. The van der Waals surface area contributed by atoms with E-state index < -0.39 is 5.97 Å². The van der Waals surface area contributed by atoms with Crippen LogP contribution in [-0.4, -0.2) is 24.0 Å². The van der Waals surface area contributed by atoms with Gasteiger partial charge in [0.05, 0.1) is 23.9 Å². The number of fused-ring (bicyclic) bond motifs is 1. The number of carbonyl (C=O) groups excluding carboxylic acids is 2. The lowest BCUT2D eigenvalue weighted by atomic mass is 10.0. The highest BCUT2D eigenvalue weighted by Crippen LogP contribution is 2.37. The maximum atomic E-state index is 13.7. The molecule has 2 aromatic heterocycles. The van der Waals surface area contributed by atoms with E-state index in [1.165, 1.54) is 18.4 Å². The van der Waals surface area contributed by atoms with Crippen molar-refractivity contribution in [2.45, 2.75) is 6.92 Å². The highest BCUT2D eigenvalue weighted by atomic mass is 79.9. The molecule has 0 unspecified atom stereocenters. The molecule has 0 aliphatic rings. The molecule has 2 heterocycles. The minimum absolute atomic E-state index is 0.321. The van der Waals surface area contributed by atoms with Crippen LogP contribution < -0.4 is 5.32 Å². The van der Waals surface area contributed by atoms with Crippen LogP contribution in [0.15, 0.2) is 87.1 Å². The van der Waals surface area contributed by atoms with Crippen LogP contribution in [0.4, 0.5) is 5.00 Å². The zero-order chi connectivity index (χ0) is 26.1. The summed E-state index contributed by atoms with van der Waals surface area (Å²) in [6, 6.07) is 23.1. The third-order valence-corrected chi connectivity index (χ3v) is 7.84. The SMILES string of the molecule is COC(=O)c1c(-c2ccc(Br)cc2)csc1NC(=O)c1cc(-c2ccc(C)cc2)nc2ccc(Br)cc12. The Morgan fingerprint density at radius 1 is 0.892 bits per heavy atom. The molecular weight excluding hydrogens is 616 g/mol. The largest absolute Gasteiger partial charge is 0.465 e. The van der Waals surface area contributed by atoms with E-state index in [9.17, 15) is 9.59 Å². The van der Waals surface area contributed by atoms with Crippen molar-refractivity contribution >= 4 is 71.0 Å². The summed E-state index contributed by atoms with van der Waals surface area (Å²) in [5.41, 5.74) is 5.76. The van der Waals surface area contributed by atoms with Gasteiger partial charge in [0.25, 0.3) is 5.91 Å². The molecule has 0 aliphatic heterocycles. The normalized spacial score (nSPS) is 10.9. The van der Waals surface area contributed by atoms with Crippen molar-refractivity contribution in [3.63, 3.8) is 0 Å². The summed E-state index contributed by atoms with van der Waals surface area (Å²) in [7, 11) is 1.33. The number of pyridine rings is 1. The summed E-state index contributed by atoms with van der Waals surface area (Å²) in [4.78, 5) is 31.3. The second-order valence-corrected chi connectivity index (χ2v) is 11.1. The van der Waals surface area contributed by atoms with E-state index in [4.69, 9.17) is 9.72 Å². The van der Waals surface area contributed by atoms with Gasteiger partial charge in [-0.3, -0.25) is 4.79 Å². The van der Waals surface area contributed by atoms with Gasteiger partial charge < -0.3 is 10.1 Å². The number of benzene rings is 3. The van der Waals surface area contributed by atoms with Gasteiger partial charge in [-0.05, 0) is 48.9 Å². The number of aryl methyl sites for hydroxylation is 1. The van der Waals surface area contributed by atoms with E-state index in [1.54, 1.807) is 6.07 Å². The number of anilines is 1. The zero-order valence-electron chi connectivity index (χ0n) is 19.8. The van der Waals surface area contributed by atoms with Gasteiger partial charge in [0.15, 0.2) is 0 Å². The topological polar surface area (TPSA) is 68.3 Å². The van der Waals surface area contributed by atoms with Gasteiger partial charge in [-0.2, -0.15) is 0 Å². The predicted molar refractivity (Wildman–Crippen MR) is 156 cm³/mol. The monoisotopic (exact) mass is 634 g/mol. The smallest absolute Gasteiger partial charge is 0.341 e. The van der Waals surface area contributed by atoms with Gasteiger partial charge in [-0.15, -0.1) is 11.3 Å². The summed E-state index contributed by atoms with van der Waals surface area (Å²) in [6.07, 6.45) is 0. The molecule has 3 aromatic carbocycles. The minimum atomic E-state index is -0.517. The maximum Gasteiger partial charge on any atom is 0.341 e.